The van der Waals surface area contributed by atoms with Crippen molar-refractivity contribution in [2.75, 3.05) is 39.3 Å². The second kappa shape index (κ2) is 11.5. The van der Waals surface area contributed by atoms with E-state index in [0.29, 0.717) is 49.2 Å². The lowest BCUT2D eigenvalue weighted by molar-refractivity contribution is 0.000659. The highest BCUT2D eigenvalue weighted by Gasteiger charge is 2.43. The summed E-state index contributed by atoms with van der Waals surface area (Å²) in [5.74, 6) is -2.14. The van der Waals surface area contributed by atoms with Gasteiger partial charge in [-0.2, -0.15) is 0 Å². The summed E-state index contributed by atoms with van der Waals surface area (Å²) in [5.41, 5.74) is -0.909. The number of benzene rings is 2. The van der Waals surface area contributed by atoms with E-state index in [1.807, 2.05) is 47.6 Å². The van der Waals surface area contributed by atoms with Crippen LogP contribution >= 0.6 is 0 Å². The van der Waals surface area contributed by atoms with Gasteiger partial charge in [0.1, 0.15) is 22.9 Å². The summed E-state index contributed by atoms with van der Waals surface area (Å²) in [4.78, 5) is 31.5. The molecule has 2 aromatic carbocycles. The second-order valence-electron chi connectivity index (χ2n) is 13.2. The normalized spacial score (nSPS) is 19.8. The van der Waals surface area contributed by atoms with Crippen molar-refractivity contribution in [3.8, 4) is 5.69 Å². The number of carbonyl (C=O) groups excluding carboxylic acids is 2. The SMILES string of the molecule is Cc1ccc(C(=O)N2CCC(F)(c3cc(F)cc(F)c3)C2)c(-n2cc(C(C)(C)N3CCN(C(=O)OC(C)(C)C)CC3)nn2)c1. The van der Waals surface area contributed by atoms with E-state index in [0.717, 1.165) is 17.7 Å². The van der Waals surface area contributed by atoms with E-state index in [1.165, 1.54) is 4.90 Å². The molecule has 0 aliphatic carbocycles. The number of carbonyl (C=O) groups is 2. The van der Waals surface area contributed by atoms with Crippen LogP contribution in [0.25, 0.3) is 5.69 Å². The van der Waals surface area contributed by atoms with Crippen LogP contribution in [0.4, 0.5) is 18.0 Å². The second-order valence-corrected chi connectivity index (χ2v) is 13.2. The molecule has 2 fully saturated rings. The third kappa shape index (κ3) is 6.45. The van der Waals surface area contributed by atoms with Gasteiger partial charge in [0.15, 0.2) is 5.67 Å². The highest BCUT2D eigenvalue weighted by Crippen LogP contribution is 2.38. The molecule has 1 atom stereocenters. The van der Waals surface area contributed by atoms with Crippen LogP contribution < -0.4 is 0 Å². The van der Waals surface area contributed by atoms with Gasteiger partial charge in [-0.05, 0) is 76.9 Å². The lowest BCUT2D eigenvalue weighted by Crippen LogP contribution is -2.55. The van der Waals surface area contributed by atoms with Gasteiger partial charge in [0.2, 0.25) is 0 Å². The van der Waals surface area contributed by atoms with Gasteiger partial charge in [-0.25, -0.2) is 22.6 Å². The van der Waals surface area contributed by atoms with Gasteiger partial charge >= 0.3 is 6.09 Å². The van der Waals surface area contributed by atoms with Crippen LogP contribution in [-0.2, 0) is 15.9 Å². The molecule has 12 heteroatoms. The number of piperazine rings is 1. The Morgan fingerprint density at radius 3 is 2.20 bits per heavy atom. The largest absolute Gasteiger partial charge is 0.444 e. The molecule has 3 aromatic rings. The topological polar surface area (TPSA) is 83.8 Å². The van der Waals surface area contributed by atoms with Gasteiger partial charge in [-0.1, -0.05) is 11.3 Å². The molecule has 0 N–H and O–H groups in total. The molecule has 1 aromatic heterocycles. The van der Waals surface area contributed by atoms with Crippen molar-refractivity contribution >= 4 is 12.0 Å². The molecule has 2 amide bonds. The maximum absolute atomic E-state index is 15.9. The highest BCUT2D eigenvalue weighted by molar-refractivity contribution is 5.98. The first-order valence-corrected chi connectivity index (χ1v) is 14.8. The fourth-order valence-electron chi connectivity index (χ4n) is 5.78. The first kappa shape index (κ1) is 31.5. The Hall–Kier alpha value is -3.93. The Balaban J connectivity index is 1.33. The van der Waals surface area contributed by atoms with Crippen molar-refractivity contribution in [2.24, 2.45) is 0 Å². The van der Waals surface area contributed by atoms with E-state index in [2.05, 4.69) is 15.2 Å². The van der Waals surface area contributed by atoms with Gasteiger partial charge in [0.25, 0.3) is 5.91 Å². The molecule has 0 spiro atoms. The van der Waals surface area contributed by atoms with Gasteiger partial charge in [0.05, 0.1) is 29.5 Å². The van der Waals surface area contributed by atoms with Crippen molar-refractivity contribution in [3.63, 3.8) is 0 Å². The molecule has 2 saturated heterocycles. The summed E-state index contributed by atoms with van der Waals surface area (Å²) in [6.45, 7) is 13.5. The van der Waals surface area contributed by atoms with Gasteiger partial charge < -0.3 is 14.5 Å². The molecule has 0 bridgehead atoms. The zero-order chi connectivity index (χ0) is 32.0. The minimum atomic E-state index is -2.07. The van der Waals surface area contributed by atoms with Gasteiger partial charge in [0, 0.05) is 45.2 Å². The van der Waals surface area contributed by atoms with E-state index in [9.17, 15) is 18.4 Å². The maximum atomic E-state index is 15.9. The molecule has 0 radical (unpaired) electrons. The average Bonchev–Trinajstić information content (AvgIpc) is 3.60. The molecule has 3 heterocycles. The van der Waals surface area contributed by atoms with Crippen molar-refractivity contribution < 1.29 is 27.5 Å². The van der Waals surface area contributed by atoms with Crippen molar-refractivity contribution in [2.45, 2.75) is 64.8 Å². The summed E-state index contributed by atoms with van der Waals surface area (Å²) < 4.78 is 50.6. The number of hydrogen-bond acceptors (Lipinski definition) is 6. The monoisotopic (exact) mass is 612 g/mol. The zero-order valence-corrected chi connectivity index (χ0v) is 26.0. The number of rotatable bonds is 5. The van der Waals surface area contributed by atoms with Crippen molar-refractivity contribution in [1.82, 2.24) is 29.7 Å². The fourth-order valence-corrected chi connectivity index (χ4v) is 5.78. The predicted molar refractivity (Wildman–Crippen MR) is 158 cm³/mol. The molecule has 236 valence electrons. The minimum absolute atomic E-state index is 0.0777. The van der Waals surface area contributed by atoms with Gasteiger partial charge in [-0.3, -0.25) is 9.69 Å². The van der Waals surface area contributed by atoms with Crippen LogP contribution in [0.3, 0.4) is 0 Å². The minimum Gasteiger partial charge on any atom is -0.444 e. The number of likely N-dealkylation sites (tertiary alicyclic amines) is 1. The Kier molecular flexibility index (Phi) is 8.25. The Morgan fingerprint density at radius 1 is 0.909 bits per heavy atom. The Labute approximate surface area is 255 Å². The van der Waals surface area contributed by atoms with E-state index < -0.39 is 34.4 Å². The smallest absolute Gasteiger partial charge is 0.410 e. The van der Waals surface area contributed by atoms with Crippen LogP contribution in [0.5, 0.6) is 0 Å². The molecular formula is C32H39F3N6O3. The first-order chi connectivity index (χ1) is 20.6. The molecule has 9 nitrogen and oxygen atoms in total. The number of aromatic nitrogens is 3. The molecule has 1 unspecified atom stereocenters. The first-order valence-electron chi connectivity index (χ1n) is 14.8. The summed E-state index contributed by atoms with van der Waals surface area (Å²) >= 11 is 0. The number of alkyl halides is 1. The van der Waals surface area contributed by atoms with Crippen LogP contribution in [-0.4, -0.2) is 86.6 Å². The van der Waals surface area contributed by atoms with E-state index >= 15 is 4.39 Å². The number of aryl methyl sites for hydroxylation is 1. The number of halogens is 3. The van der Waals surface area contributed by atoms with Crippen molar-refractivity contribution in [1.29, 1.82) is 0 Å². The lowest BCUT2D eigenvalue weighted by Gasteiger charge is -2.43. The molecule has 2 aliphatic heterocycles. The predicted octanol–water partition coefficient (Wildman–Crippen LogP) is 5.35. The summed E-state index contributed by atoms with van der Waals surface area (Å²) in [6.07, 6.45) is 1.37. The average molecular weight is 613 g/mol. The molecular weight excluding hydrogens is 573 g/mol. The number of hydrogen-bond donors (Lipinski definition) is 0. The van der Waals surface area contributed by atoms with E-state index in [-0.39, 0.29) is 31.2 Å². The number of ether oxygens (including phenoxy) is 1. The molecule has 44 heavy (non-hydrogen) atoms. The van der Waals surface area contributed by atoms with Crippen LogP contribution in [0.2, 0.25) is 0 Å². The Bertz CT molecular complexity index is 1540. The van der Waals surface area contributed by atoms with Crippen molar-refractivity contribution in [3.05, 3.63) is 76.6 Å². The maximum Gasteiger partial charge on any atom is 0.410 e. The number of nitrogens with zero attached hydrogens (tertiary/aromatic N) is 6. The third-order valence-corrected chi connectivity index (χ3v) is 8.36. The quantitative estimate of drug-likeness (QED) is 0.386. The molecule has 5 rings (SSSR count). The third-order valence-electron chi connectivity index (χ3n) is 8.36. The fraction of sp³-hybridized carbons (Fsp3) is 0.500. The molecule has 0 saturated carbocycles. The van der Waals surface area contributed by atoms with Gasteiger partial charge in [-0.15, -0.1) is 5.10 Å². The highest BCUT2D eigenvalue weighted by atomic mass is 19.1. The lowest BCUT2D eigenvalue weighted by atomic mass is 9.95. The van der Waals surface area contributed by atoms with Crippen LogP contribution in [0.1, 0.15) is 68.2 Å². The number of amides is 2. The van der Waals surface area contributed by atoms with E-state index in [1.54, 1.807) is 27.9 Å². The summed E-state index contributed by atoms with van der Waals surface area (Å²) in [6, 6.07) is 7.94. The van der Waals surface area contributed by atoms with Crippen LogP contribution in [0, 0.1) is 18.6 Å². The summed E-state index contributed by atoms with van der Waals surface area (Å²) in [5, 5.41) is 8.82. The Morgan fingerprint density at radius 2 is 1.57 bits per heavy atom. The standard InChI is InChI=1S/C32H39F3N6O3/c1-21-7-8-25(28(42)39-10-9-32(35,20-39)22-16-23(33)18-24(34)17-22)26(15-21)41-19-27(36-37-41)31(5,6)40-13-11-38(12-14-40)29(43)44-30(2,3)4/h7-8,15-19H,9-14,20H2,1-6H3. The zero-order valence-electron chi connectivity index (χ0n) is 26.0. The summed E-state index contributed by atoms with van der Waals surface area (Å²) in [7, 11) is 0. The van der Waals surface area contributed by atoms with E-state index in [4.69, 9.17) is 4.74 Å². The molecule has 2 aliphatic rings. The van der Waals surface area contributed by atoms with Crippen LogP contribution in [0.15, 0.2) is 42.6 Å².